The number of aromatic nitrogens is 2. The molecule has 0 aromatic carbocycles. The van der Waals surface area contributed by atoms with E-state index in [1.165, 1.54) is 6.07 Å². The van der Waals surface area contributed by atoms with Crippen molar-refractivity contribution < 1.29 is 4.42 Å². The zero-order valence-corrected chi connectivity index (χ0v) is 11.8. The topological polar surface area (TPSA) is 95.9 Å². The molecule has 0 bridgehead atoms. The monoisotopic (exact) mass is 278 g/mol. The summed E-state index contributed by atoms with van der Waals surface area (Å²) >= 11 is 0. The zero-order valence-electron chi connectivity index (χ0n) is 11.8. The second-order valence-corrected chi connectivity index (χ2v) is 5.46. The first-order valence-electron chi connectivity index (χ1n) is 6.68. The van der Waals surface area contributed by atoms with Gasteiger partial charge in [0, 0.05) is 6.07 Å². The van der Waals surface area contributed by atoms with E-state index in [0.29, 0.717) is 23.8 Å². The fourth-order valence-electron chi connectivity index (χ4n) is 2.09. The summed E-state index contributed by atoms with van der Waals surface area (Å²) in [5.74, 6) is 0.999. The minimum Gasteiger partial charge on any atom is -0.405 e. The smallest absolute Gasteiger partial charge is 0.337 e. The summed E-state index contributed by atoms with van der Waals surface area (Å²) in [4.78, 5) is 39.1. The highest BCUT2D eigenvalue weighted by Gasteiger charge is 2.13. The number of nitrogens with one attached hydrogen (secondary N) is 2. The van der Waals surface area contributed by atoms with Gasteiger partial charge in [0.05, 0.1) is 0 Å². The molecule has 1 atom stereocenters. The summed E-state index contributed by atoms with van der Waals surface area (Å²) in [5, 5.41) is 0.250. The zero-order chi connectivity index (χ0) is 14.9. The number of hydrogen-bond donors (Lipinski definition) is 2. The third kappa shape index (κ3) is 2.89. The molecule has 0 saturated heterocycles. The second-order valence-electron chi connectivity index (χ2n) is 5.46. The summed E-state index contributed by atoms with van der Waals surface area (Å²) in [6.07, 6.45) is 1.45. The Hall–Kier alpha value is -2.11. The van der Waals surface area contributed by atoms with Crippen LogP contribution in [0.4, 0.5) is 0 Å². The maximum Gasteiger partial charge on any atom is 0.337 e. The first-order chi connectivity index (χ1) is 9.38. The highest BCUT2D eigenvalue weighted by atomic mass is 16.4. The van der Waals surface area contributed by atoms with Crippen LogP contribution in [0.3, 0.4) is 0 Å². The van der Waals surface area contributed by atoms with E-state index in [4.69, 9.17) is 4.42 Å². The highest BCUT2D eigenvalue weighted by molar-refractivity contribution is 5.75. The quantitative estimate of drug-likeness (QED) is 0.883. The van der Waals surface area contributed by atoms with Gasteiger partial charge in [0.1, 0.15) is 5.39 Å². The molecule has 6 heteroatoms. The van der Waals surface area contributed by atoms with E-state index in [1.54, 1.807) is 0 Å². The Labute approximate surface area is 114 Å². The lowest BCUT2D eigenvalue weighted by Gasteiger charge is -2.15. The average molecular weight is 278 g/mol. The van der Waals surface area contributed by atoms with Crippen molar-refractivity contribution in [3.8, 4) is 0 Å². The van der Waals surface area contributed by atoms with Crippen LogP contribution in [0.5, 0.6) is 0 Å². The SMILES string of the molecule is CC(C)C(C)CCc1cc(=O)oc2[nH]c(=O)[nH]c(=O)c12. The van der Waals surface area contributed by atoms with Crippen LogP contribution in [-0.2, 0) is 6.42 Å². The van der Waals surface area contributed by atoms with E-state index in [2.05, 4.69) is 30.7 Å². The Balaban J connectivity index is 2.50. The molecule has 1 unspecified atom stereocenters. The number of H-pyrrole nitrogens is 2. The third-order valence-electron chi connectivity index (χ3n) is 3.73. The Morgan fingerprint density at radius 3 is 2.50 bits per heavy atom. The Morgan fingerprint density at radius 1 is 1.15 bits per heavy atom. The van der Waals surface area contributed by atoms with Gasteiger partial charge in [-0.05, 0) is 30.2 Å². The van der Waals surface area contributed by atoms with Crippen molar-refractivity contribution in [2.75, 3.05) is 0 Å². The summed E-state index contributed by atoms with van der Waals surface area (Å²) in [5.41, 5.74) is -1.22. The molecule has 20 heavy (non-hydrogen) atoms. The van der Waals surface area contributed by atoms with Crippen LogP contribution < -0.4 is 16.9 Å². The molecule has 0 spiro atoms. The van der Waals surface area contributed by atoms with E-state index in [-0.39, 0.29) is 11.1 Å². The normalized spacial score (nSPS) is 13.0. The molecular formula is C14H18N2O4. The van der Waals surface area contributed by atoms with Gasteiger partial charge in [-0.3, -0.25) is 14.8 Å². The lowest BCUT2D eigenvalue weighted by molar-refractivity contribution is 0.392. The molecule has 0 aliphatic heterocycles. The standard InChI is InChI=1S/C14H18N2O4/c1-7(2)8(3)4-5-9-6-10(17)20-13-11(9)12(18)15-14(19)16-13/h6-8H,4-5H2,1-3H3,(H2,15,16,18,19). The Morgan fingerprint density at radius 2 is 1.85 bits per heavy atom. The molecule has 2 N–H and O–H groups in total. The molecule has 6 nitrogen and oxygen atoms in total. The average Bonchev–Trinajstić information content (AvgIpc) is 2.33. The summed E-state index contributed by atoms with van der Waals surface area (Å²) in [7, 11) is 0. The minimum absolute atomic E-state index is 0.0570. The van der Waals surface area contributed by atoms with Gasteiger partial charge in [0.15, 0.2) is 0 Å². The molecule has 0 saturated carbocycles. The number of aryl methyl sites for hydroxylation is 1. The van der Waals surface area contributed by atoms with Gasteiger partial charge in [-0.1, -0.05) is 20.8 Å². The van der Waals surface area contributed by atoms with Crippen LogP contribution in [0.2, 0.25) is 0 Å². The van der Waals surface area contributed by atoms with Crippen molar-refractivity contribution in [3.05, 3.63) is 42.9 Å². The van der Waals surface area contributed by atoms with Gasteiger partial charge < -0.3 is 4.42 Å². The van der Waals surface area contributed by atoms with Gasteiger partial charge in [0.25, 0.3) is 5.56 Å². The van der Waals surface area contributed by atoms with Crippen molar-refractivity contribution in [2.24, 2.45) is 11.8 Å². The summed E-state index contributed by atoms with van der Waals surface area (Å²) < 4.78 is 4.89. The molecule has 0 amide bonds. The van der Waals surface area contributed by atoms with Crippen molar-refractivity contribution >= 4 is 11.1 Å². The van der Waals surface area contributed by atoms with Crippen LogP contribution in [-0.4, -0.2) is 9.97 Å². The molecule has 108 valence electrons. The van der Waals surface area contributed by atoms with Gasteiger partial charge in [0.2, 0.25) is 5.71 Å². The molecule has 0 radical (unpaired) electrons. The first-order valence-corrected chi connectivity index (χ1v) is 6.68. The van der Waals surface area contributed by atoms with Crippen molar-refractivity contribution in [1.29, 1.82) is 0 Å². The van der Waals surface area contributed by atoms with Crippen LogP contribution in [0, 0.1) is 11.8 Å². The number of fused-ring (bicyclic) bond motifs is 1. The summed E-state index contributed by atoms with van der Waals surface area (Å²) in [6.45, 7) is 6.39. The lowest BCUT2D eigenvalue weighted by Crippen LogP contribution is -2.24. The van der Waals surface area contributed by atoms with Crippen LogP contribution in [0.15, 0.2) is 24.9 Å². The van der Waals surface area contributed by atoms with Crippen LogP contribution >= 0.6 is 0 Å². The molecule has 2 rings (SSSR count). The molecule has 0 aliphatic rings. The third-order valence-corrected chi connectivity index (χ3v) is 3.73. The van der Waals surface area contributed by atoms with E-state index in [0.717, 1.165) is 6.42 Å². The van der Waals surface area contributed by atoms with Crippen molar-refractivity contribution in [2.45, 2.75) is 33.6 Å². The van der Waals surface area contributed by atoms with E-state index in [9.17, 15) is 14.4 Å². The predicted molar refractivity (Wildman–Crippen MR) is 76.0 cm³/mol. The Kier molecular flexibility index (Phi) is 3.92. The van der Waals surface area contributed by atoms with Crippen molar-refractivity contribution in [3.63, 3.8) is 0 Å². The number of aromatic amines is 2. The van der Waals surface area contributed by atoms with E-state index >= 15 is 0 Å². The van der Waals surface area contributed by atoms with E-state index in [1.807, 2.05) is 0 Å². The fourth-order valence-corrected chi connectivity index (χ4v) is 2.09. The molecule has 2 aromatic heterocycles. The minimum atomic E-state index is -0.682. The van der Waals surface area contributed by atoms with E-state index < -0.39 is 16.9 Å². The maximum atomic E-state index is 11.9. The van der Waals surface area contributed by atoms with Gasteiger partial charge >= 0.3 is 11.3 Å². The molecule has 2 aromatic rings. The fraction of sp³-hybridized carbons (Fsp3) is 0.500. The Bertz CT molecular complexity index is 777. The summed E-state index contributed by atoms with van der Waals surface area (Å²) in [6, 6.07) is 1.32. The highest BCUT2D eigenvalue weighted by Crippen LogP contribution is 2.19. The maximum absolute atomic E-state index is 11.9. The van der Waals surface area contributed by atoms with Crippen LogP contribution in [0.1, 0.15) is 32.8 Å². The van der Waals surface area contributed by atoms with Gasteiger partial charge in [-0.15, -0.1) is 0 Å². The molecule has 0 fully saturated rings. The number of hydrogen-bond acceptors (Lipinski definition) is 4. The number of rotatable bonds is 4. The van der Waals surface area contributed by atoms with Crippen LogP contribution in [0.25, 0.3) is 11.1 Å². The molecular weight excluding hydrogens is 260 g/mol. The van der Waals surface area contributed by atoms with Crippen molar-refractivity contribution in [1.82, 2.24) is 9.97 Å². The second kappa shape index (κ2) is 5.48. The largest absolute Gasteiger partial charge is 0.405 e. The van der Waals surface area contributed by atoms with Gasteiger partial charge in [-0.2, -0.15) is 0 Å². The molecule has 0 aliphatic carbocycles. The first kappa shape index (κ1) is 14.3. The molecule has 2 heterocycles. The lowest BCUT2D eigenvalue weighted by atomic mass is 9.91. The van der Waals surface area contributed by atoms with Gasteiger partial charge in [-0.25, -0.2) is 9.59 Å². The predicted octanol–water partition coefficient (Wildman–Crippen LogP) is 1.39.